The quantitative estimate of drug-likeness (QED) is 0.609. The molecule has 0 aliphatic carbocycles. The van der Waals surface area contributed by atoms with Crippen molar-refractivity contribution in [3.05, 3.63) is 28.7 Å². The van der Waals surface area contributed by atoms with Gasteiger partial charge in [0.2, 0.25) is 0 Å². The molecule has 0 spiro atoms. The van der Waals surface area contributed by atoms with E-state index >= 15 is 0 Å². The van der Waals surface area contributed by atoms with Gasteiger partial charge in [-0.05, 0) is 55.0 Å². The molecule has 0 atom stereocenters. The number of imide groups is 1. The number of amides is 2. The molecule has 142 valence electrons. The first-order valence-electron chi connectivity index (χ1n) is 8.82. The minimum Gasteiger partial charge on any atom is -0.493 e. The van der Waals surface area contributed by atoms with Crippen molar-refractivity contribution in [3.8, 4) is 11.5 Å². The lowest BCUT2D eigenvalue weighted by Crippen LogP contribution is -2.40. The standard InChI is InChI=1S/C19H26N2O4S/c1-5-10-25-15-9-8-14(11-16(15)24-4)12-17-18(22)21(19(23)26-17)13-20(6-2)7-3/h8-9,11-12H,5-7,10,13H2,1-4H3. The van der Waals surface area contributed by atoms with Crippen molar-refractivity contribution in [2.24, 2.45) is 0 Å². The van der Waals surface area contributed by atoms with Crippen molar-refractivity contribution < 1.29 is 19.1 Å². The molecule has 1 aliphatic rings. The lowest BCUT2D eigenvalue weighted by atomic mass is 10.2. The summed E-state index contributed by atoms with van der Waals surface area (Å²) in [5.74, 6) is 1.02. The van der Waals surface area contributed by atoms with Crippen molar-refractivity contribution in [1.29, 1.82) is 0 Å². The molecule has 0 unspecified atom stereocenters. The third-order valence-corrected chi connectivity index (χ3v) is 4.96. The van der Waals surface area contributed by atoms with Crippen LogP contribution in [0.3, 0.4) is 0 Å². The molecule has 1 heterocycles. The van der Waals surface area contributed by atoms with Crippen LogP contribution in [0.25, 0.3) is 6.08 Å². The van der Waals surface area contributed by atoms with Gasteiger partial charge in [0.15, 0.2) is 11.5 Å². The number of carbonyl (C=O) groups is 2. The Labute approximate surface area is 159 Å². The van der Waals surface area contributed by atoms with E-state index in [-0.39, 0.29) is 11.1 Å². The van der Waals surface area contributed by atoms with E-state index in [2.05, 4.69) is 0 Å². The Kier molecular flexibility index (Phi) is 7.53. The number of nitrogens with zero attached hydrogens (tertiary/aromatic N) is 2. The van der Waals surface area contributed by atoms with Crippen molar-refractivity contribution in [2.45, 2.75) is 27.2 Å². The molecule has 1 aliphatic heterocycles. The summed E-state index contributed by atoms with van der Waals surface area (Å²) >= 11 is 0.971. The fourth-order valence-electron chi connectivity index (χ4n) is 2.50. The van der Waals surface area contributed by atoms with Crippen molar-refractivity contribution in [1.82, 2.24) is 9.80 Å². The highest BCUT2D eigenvalue weighted by molar-refractivity contribution is 8.18. The predicted molar refractivity (Wildman–Crippen MR) is 104 cm³/mol. The number of benzene rings is 1. The Morgan fingerprint density at radius 1 is 1.15 bits per heavy atom. The Balaban J connectivity index is 2.19. The molecule has 1 fully saturated rings. The van der Waals surface area contributed by atoms with E-state index in [0.29, 0.717) is 29.7 Å². The summed E-state index contributed by atoms with van der Waals surface area (Å²) in [5.41, 5.74) is 0.791. The topological polar surface area (TPSA) is 59.1 Å². The summed E-state index contributed by atoms with van der Waals surface area (Å²) in [7, 11) is 1.58. The van der Waals surface area contributed by atoms with Gasteiger partial charge < -0.3 is 9.47 Å². The van der Waals surface area contributed by atoms with Crippen LogP contribution in [0.5, 0.6) is 11.5 Å². The van der Waals surface area contributed by atoms with Crippen molar-refractivity contribution >= 4 is 29.0 Å². The maximum atomic E-state index is 12.6. The number of methoxy groups -OCH3 is 1. The minimum atomic E-state index is -0.253. The van der Waals surface area contributed by atoms with Crippen LogP contribution in [0.2, 0.25) is 0 Å². The predicted octanol–water partition coefficient (Wildman–Crippen LogP) is 3.82. The molecule has 7 heteroatoms. The molecule has 1 saturated heterocycles. The number of rotatable bonds is 9. The molecule has 2 rings (SSSR count). The molecule has 6 nitrogen and oxygen atoms in total. The van der Waals surface area contributed by atoms with E-state index in [0.717, 1.165) is 36.8 Å². The van der Waals surface area contributed by atoms with Crippen LogP contribution in [0, 0.1) is 0 Å². The second-order valence-electron chi connectivity index (χ2n) is 5.81. The van der Waals surface area contributed by atoms with Gasteiger partial charge in [-0.1, -0.05) is 26.8 Å². The summed E-state index contributed by atoms with van der Waals surface area (Å²) < 4.78 is 11.0. The van der Waals surface area contributed by atoms with Crippen LogP contribution in [0.1, 0.15) is 32.8 Å². The highest BCUT2D eigenvalue weighted by Crippen LogP contribution is 2.34. The van der Waals surface area contributed by atoms with Gasteiger partial charge in [0.25, 0.3) is 11.1 Å². The van der Waals surface area contributed by atoms with Crippen LogP contribution in [0.4, 0.5) is 4.79 Å². The van der Waals surface area contributed by atoms with Crippen LogP contribution >= 0.6 is 11.8 Å². The fraction of sp³-hybridized carbons (Fsp3) is 0.474. The van der Waals surface area contributed by atoms with E-state index in [9.17, 15) is 9.59 Å². The van der Waals surface area contributed by atoms with E-state index < -0.39 is 0 Å². The fourth-order valence-corrected chi connectivity index (χ4v) is 3.33. The smallest absolute Gasteiger partial charge is 0.294 e. The monoisotopic (exact) mass is 378 g/mol. The lowest BCUT2D eigenvalue weighted by Gasteiger charge is -2.23. The van der Waals surface area contributed by atoms with E-state index in [1.54, 1.807) is 13.2 Å². The van der Waals surface area contributed by atoms with E-state index in [4.69, 9.17) is 9.47 Å². The zero-order chi connectivity index (χ0) is 19.1. The second-order valence-corrected chi connectivity index (χ2v) is 6.81. The molecule has 2 amide bonds. The number of hydrogen-bond acceptors (Lipinski definition) is 6. The molecule has 0 saturated carbocycles. The van der Waals surface area contributed by atoms with Crippen LogP contribution in [-0.4, -0.2) is 54.4 Å². The molecule has 1 aromatic rings. The van der Waals surface area contributed by atoms with Gasteiger partial charge >= 0.3 is 0 Å². The van der Waals surface area contributed by atoms with Gasteiger partial charge in [0.05, 0.1) is 25.3 Å². The number of carbonyl (C=O) groups excluding carboxylic acids is 2. The van der Waals surface area contributed by atoms with Crippen molar-refractivity contribution in [2.75, 3.05) is 33.5 Å². The first-order chi connectivity index (χ1) is 12.5. The third-order valence-electron chi connectivity index (χ3n) is 4.06. The largest absolute Gasteiger partial charge is 0.493 e. The Morgan fingerprint density at radius 3 is 2.50 bits per heavy atom. The van der Waals surface area contributed by atoms with Gasteiger partial charge in [-0.15, -0.1) is 0 Å². The molecule has 0 bridgehead atoms. The summed E-state index contributed by atoms with van der Waals surface area (Å²) in [6, 6.07) is 5.48. The molecule has 1 aromatic carbocycles. The highest BCUT2D eigenvalue weighted by atomic mass is 32.2. The molecular weight excluding hydrogens is 352 g/mol. The van der Waals surface area contributed by atoms with Gasteiger partial charge in [-0.25, -0.2) is 0 Å². The number of ether oxygens (including phenoxy) is 2. The Hall–Kier alpha value is -1.99. The number of thioether (sulfide) groups is 1. The average Bonchev–Trinajstić information content (AvgIpc) is 2.91. The van der Waals surface area contributed by atoms with Gasteiger partial charge in [0, 0.05) is 0 Å². The Bertz CT molecular complexity index is 686. The van der Waals surface area contributed by atoms with Crippen LogP contribution < -0.4 is 9.47 Å². The summed E-state index contributed by atoms with van der Waals surface area (Å²) in [6.07, 6.45) is 2.63. The summed E-state index contributed by atoms with van der Waals surface area (Å²) in [6.45, 7) is 8.55. The zero-order valence-corrected chi connectivity index (χ0v) is 16.6. The first kappa shape index (κ1) is 20.3. The maximum Gasteiger partial charge on any atom is 0.294 e. The summed E-state index contributed by atoms with van der Waals surface area (Å²) in [4.78, 5) is 28.5. The van der Waals surface area contributed by atoms with Crippen molar-refractivity contribution in [3.63, 3.8) is 0 Å². The SMILES string of the molecule is CCCOc1ccc(C=C2SC(=O)N(CN(CC)CC)C2=O)cc1OC. The molecule has 0 N–H and O–H groups in total. The zero-order valence-electron chi connectivity index (χ0n) is 15.8. The highest BCUT2D eigenvalue weighted by Gasteiger charge is 2.35. The summed E-state index contributed by atoms with van der Waals surface area (Å²) in [5, 5.41) is -0.233. The maximum absolute atomic E-state index is 12.6. The molecule has 26 heavy (non-hydrogen) atoms. The third kappa shape index (κ3) is 4.80. The molecular formula is C19H26N2O4S. The van der Waals surface area contributed by atoms with E-state index in [1.807, 2.05) is 43.9 Å². The number of hydrogen-bond donors (Lipinski definition) is 0. The Morgan fingerprint density at radius 2 is 1.88 bits per heavy atom. The average molecular weight is 378 g/mol. The van der Waals surface area contributed by atoms with Gasteiger partial charge in [0.1, 0.15) is 0 Å². The molecule has 0 radical (unpaired) electrons. The first-order valence-corrected chi connectivity index (χ1v) is 9.64. The second kappa shape index (κ2) is 9.64. The van der Waals surface area contributed by atoms with E-state index in [1.165, 1.54) is 4.90 Å². The van der Waals surface area contributed by atoms with Crippen LogP contribution in [-0.2, 0) is 4.79 Å². The van der Waals surface area contributed by atoms with Crippen LogP contribution in [0.15, 0.2) is 23.1 Å². The lowest BCUT2D eigenvalue weighted by molar-refractivity contribution is -0.124. The molecule has 0 aromatic heterocycles. The normalized spacial score (nSPS) is 16.0. The van der Waals surface area contributed by atoms with Gasteiger partial charge in [-0.2, -0.15) is 0 Å². The van der Waals surface area contributed by atoms with Gasteiger partial charge in [-0.3, -0.25) is 19.4 Å². The minimum absolute atomic E-state index is 0.233.